The maximum Gasteiger partial charge on any atom is 0.233 e. The van der Waals surface area contributed by atoms with Crippen LogP contribution in [-0.4, -0.2) is 12.1 Å². The van der Waals surface area contributed by atoms with Gasteiger partial charge in [0.15, 0.2) is 5.82 Å². The quantitative estimate of drug-likeness (QED) is 0.614. The van der Waals surface area contributed by atoms with Gasteiger partial charge in [0.2, 0.25) is 5.88 Å². The molecule has 0 radical (unpaired) electrons. The number of hydrogen-bond donors (Lipinski definition) is 2. The summed E-state index contributed by atoms with van der Waals surface area (Å²) in [6, 6.07) is 3.32. The van der Waals surface area contributed by atoms with Crippen molar-refractivity contribution in [1.29, 1.82) is 5.26 Å². The largest absolute Gasteiger partial charge is 0.480 e. The number of hydrogen-bond acceptors (Lipinski definition) is 5. The summed E-state index contributed by atoms with van der Waals surface area (Å²) >= 11 is 0. The lowest BCUT2D eigenvalue weighted by Crippen LogP contribution is -2.01. The van der Waals surface area contributed by atoms with Gasteiger partial charge in [0, 0.05) is 0 Å². The van der Waals surface area contributed by atoms with Crippen LogP contribution in [0.4, 0.5) is 11.5 Å². The Morgan fingerprint density at radius 2 is 2.25 bits per heavy atom. The highest BCUT2D eigenvalue weighted by molar-refractivity contribution is 5.63. The second kappa shape index (κ2) is 2.96. The van der Waals surface area contributed by atoms with Crippen molar-refractivity contribution in [3.05, 3.63) is 11.6 Å². The monoisotopic (exact) mass is 164 g/mol. The average molecular weight is 164 g/mol. The Hall–Kier alpha value is -1.96. The first-order chi connectivity index (χ1) is 5.69. The standard InChI is InChI=1S/C7H8N4O/c1-12-7-4(3-8)2-5(9)6(10)11-7/h2H,9H2,1H3,(H2,10,11). The first-order valence-corrected chi connectivity index (χ1v) is 3.19. The van der Waals surface area contributed by atoms with E-state index in [1.165, 1.54) is 13.2 Å². The minimum absolute atomic E-state index is 0.172. The number of nitriles is 1. The Labute approximate surface area is 69.6 Å². The van der Waals surface area contributed by atoms with E-state index < -0.39 is 0 Å². The Morgan fingerprint density at radius 1 is 1.58 bits per heavy atom. The third-order valence-corrected chi connectivity index (χ3v) is 1.36. The summed E-state index contributed by atoms with van der Waals surface area (Å²) in [5, 5.41) is 8.60. The first kappa shape index (κ1) is 8.14. The van der Waals surface area contributed by atoms with Crippen LogP contribution in [0.25, 0.3) is 0 Å². The van der Waals surface area contributed by atoms with Crippen LogP contribution in [0.3, 0.4) is 0 Å². The van der Waals surface area contributed by atoms with Crippen LogP contribution < -0.4 is 16.2 Å². The summed E-state index contributed by atoms with van der Waals surface area (Å²) < 4.78 is 4.80. The van der Waals surface area contributed by atoms with Crippen molar-refractivity contribution < 1.29 is 4.74 Å². The van der Waals surface area contributed by atoms with E-state index in [4.69, 9.17) is 21.5 Å². The van der Waals surface area contributed by atoms with Crippen LogP contribution in [0.2, 0.25) is 0 Å². The molecular weight excluding hydrogens is 156 g/mol. The molecule has 0 saturated carbocycles. The molecular formula is C7H8N4O. The van der Waals surface area contributed by atoms with Gasteiger partial charge in [-0.2, -0.15) is 10.2 Å². The number of nitrogen functional groups attached to an aromatic ring is 2. The highest BCUT2D eigenvalue weighted by Crippen LogP contribution is 2.21. The number of methoxy groups -OCH3 is 1. The topological polar surface area (TPSA) is 97.9 Å². The van der Waals surface area contributed by atoms with Gasteiger partial charge in [-0.15, -0.1) is 0 Å². The van der Waals surface area contributed by atoms with Crippen molar-refractivity contribution >= 4 is 11.5 Å². The molecule has 1 heterocycles. The van der Waals surface area contributed by atoms with Gasteiger partial charge in [0.25, 0.3) is 0 Å². The van der Waals surface area contributed by atoms with E-state index >= 15 is 0 Å². The molecule has 4 N–H and O–H groups in total. The van der Waals surface area contributed by atoms with E-state index in [0.717, 1.165) is 0 Å². The molecule has 0 bridgehead atoms. The zero-order chi connectivity index (χ0) is 9.14. The summed E-state index contributed by atoms with van der Waals surface area (Å²) in [6.45, 7) is 0. The van der Waals surface area contributed by atoms with Gasteiger partial charge in [-0.3, -0.25) is 0 Å². The summed E-state index contributed by atoms with van der Waals surface area (Å²) in [6.07, 6.45) is 0. The number of anilines is 2. The summed E-state index contributed by atoms with van der Waals surface area (Å²) in [7, 11) is 1.42. The fourth-order valence-corrected chi connectivity index (χ4v) is 0.761. The Bertz CT molecular complexity index is 342. The van der Waals surface area contributed by atoms with Crippen LogP contribution in [0.15, 0.2) is 6.07 Å². The van der Waals surface area contributed by atoms with Crippen molar-refractivity contribution in [3.63, 3.8) is 0 Å². The number of nitrogens with two attached hydrogens (primary N) is 2. The van der Waals surface area contributed by atoms with Crippen LogP contribution in [-0.2, 0) is 0 Å². The maximum absolute atomic E-state index is 8.60. The third-order valence-electron chi connectivity index (χ3n) is 1.36. The highest BCUT2D eigenvalue weighted by Gasteiger charge is 2.06. The van der Waals surface area contributed by atoms with Gasteiger partial charge in [-0.1, -0.05) is 0 Å². The molecule has 0 amide bonds. The van der Waals surface area contributed by atoms with Crippen molar-refractivity contribution in [2.45, 2.75) is 0 Å². The third kappa shape index (κ3) is 1.22. The lowest BCUT2D eigenvalue weighted by molar-refractivity contribution is 0.397. The predicted molar refractivity (Wildman–Crippen MR) is 44.3 cm³/mol. The second-order valence-corrected chi connectivity index (χ2v) is 2.13. The SMILES string of the molecule is COc1nc(N)c(N)cc1C#N. The van der Waals surface area contributed by atoms with Crippen molar-refractivity contribution in [2.75, 3.05) is 18.6 Å². The minimum atomic E-state index is 0.172. The first-order valence-electron chi connectivity index (χ1n) is 3.19. The van der Waals surface area contributed by atoms with Crippen molar-refractivity contribution in [1.82, 2.24) is 4.98 Å². The second-order valence-electron chi connectivity index (χ2n) is 2.13. The molecule has 0 saturated heterocycles. The normalized spacial score (nSPS) is 9.00. The summed E-state index contributed by atoms with van der Waals surface area (Å²) in [5.74, 6) is 0.370. The molecule has 0 spiro atoms. The molecule has 0 aliphatic carbocycles. The molecule has 0 aliphatic heterocycles. The molecule has 1 rings (SSSR count). The van der Waals surface area contributed by atoms with Gasteiger partial charge < -0.3 is 16.2 Å². The van der Waals surface area contributed by atoms with E-state index in [0.29, 0.717) is 0 Å². The summed E-state index contributed by atoms with van der Waals surface area (Å²) in [5.41, 5.74) is 11.4. The Kier molecular flexibility index (Phi) is 2.01. The van der Waals surface area contributed by atoms with E-state index in [2.05, 4.69) is 4.98 Å². The lowest BCUT2D eigenvalue weighted by atomic mass is 10.2. The molecule has 12 heavy (non-hydrogen) atoms. The number of rotatable bonds is 1. The molecule has 0 aliphatic rings. The van der Waals surface area contributed by atoms with E-state index in [1.807, 2.05) is 6.07 Å². The number of ether oxygens (including phenoxy) is 1. The molecule has 0 unspecified atom stereocenters. The number of aromatic nitrogens is 1. The molecule has 62 valence electrons. The molecule has 0 aromatic carbocycles. The van der Waals surface area contributed by atoms with E-state index in [9.17, 15) is 0 Å². The fraction of sp³-hybridized carbons (Fsp3) is 0.143. The molecule has 5 heteroatoms. The van der Waals surface area contributed by atoms with Crippen LogP contribution in [0, 0.1) is 11.3 Å². The predicted octanol–water partition coefficient (Wildman–Crippen LogP) is 0.126. The number of nitrogens with zero attached hydrogens (tertiary/aromatic N) is 2. The maximum atomic E-state index is 8.60. The molecule has 1 aromatic heterocycles. The summed E-state index contributed by atoms with van der Waals surface area (Å²) in [4.78, 5) is 3.77. The van der Waals surface area contributed by atoms with Gasteiger partial charge in [0.05, 0.1) is 12.8 Å². The van der Waals surface area contributed by atoms with E-state index in [-0.39, 0.29) is 22.9 Å². The lowest BCUT2D eigenvalue weighted by Gasteiger charge is -2.03. The number of pyridine rings is 1. The fourth-order valence-electron chi connectivity index (χ4n) is 0.761. The van der Waals surface area contributed by atoms with Crippen LogP contribution in [0.1, 0.15) is 5.56 Å². The zero-order valence-corrected chi connectivity index (χ0v) is 6.53. The van der Waals surface area contributed by atoms with Crippen molar-refractivity contribution in [2.24, 2.45) is 0 Å². The zero-order valence-electron chi connectivity index (χ0n) is 6.53. The smallest absolute Gasteiger partial charge is 0.233 e. The van der Waals surface area contributed by atoms with Gasteiger partial charge in [0.1, 0.15) is 11.6 Å². The molecule has 0 fully saturated rings. The molecule has 0 atom stereocenters. The van der Waals surface area contributed by atoms with Gasteiger partial charge >= 0.3 is 0 Å². The molecule has 1 aromatic rings. The average Bonchev–Trinajstić information content (AvgIpc) is 2.09. The van der Waals surface area contributed by atoms with E-state index in [1.54, 1.807) is 0 Å². The molecule has 5 nitrogen and oxygen atoms in total. The Balaban J connectivity index is 3.31. The van der Waals surface area contributed by atoms with Crippen molar-refractivity contribution in [3.8, 4) is 11.9 Å². The van der Waals surface area contributed by atoms with Crippen LogP contribution in [0.5, 0.6) is 5.88 Å². The van der Waals surface area contributed by atoms with Gasteiger partial charge in [-0.25, -0.2) is 0 Å². The minimum Gasteiger partial charge on any atom is -0.480 e. The highest BCUT2D eigenvalue weighted by atomic mass is 16.5. The van der Waals surface area contributed by atoms with Crippen LogP contribution >= 0.6 is 0 Å². The van der Waals surface area contributed by atoms with Gasteiger partial charge in [-0.05, 0) is 6.07 Å². The Morgan fingerprint density at radius 3 is 2.75 bits per heavy atom.